The number of hydrogen-bond acceptors (Lipinski definition) is 3. The normalized spacial score (nSPS) is 12.0. The van der Waals surface area contributed by atoms with E-state index in [9.17, 15) is 0 Å². The van der Waals surface area contributed by atoms with E-state index in [1.165, 1.54) is 16.7 Å². The molecule has 0 aromatic heterocycles. The van der Waals surface area contributed by atoms with E-state index in [1.807, 2.05) is 26.2 Å². The molecule has 0 aliphatic carbocycles. The van der Waals surface area contributed by atoms with Gasteiger partial charge in [0.1, 0.15) is 5.75 Å². The highest BCUT2D eigenvalue weighted by Crippen LogP contribution is 2.25. The molecule has 23 heavy (non-hydrogen) atoms. The summed E-state index contributed by atoms with van der Waals surface area (Å²) in [6, 6.07) is 14.7. The van der Waals surface area contributed by atoms with Crippen molar-refractivity contribution in [2.24, 2.45) is 5.73 Å². The zero-order valence-electron chi connectivity index (χ0n) is 14.7. The largest absolute Gasteiger partial charge is 0.493 e. The second kappa shape index (κ2) is 8.02. The Labute approximate surface area is 140 Å². The lowest BCUT2D eigenvalue weighted by molar-refractivity contribution is 0.298. The Morgan fingerprint density at radius 1 is 1.09 bits per heavy atom. The quantitative estimate of drug-likeness (QED) is 0.843. The first-order valence-corrected chi connectivity index (χ1v) is 8.18. The Balaban J connectivity index is 1.98. The molecule has 2 aromatic rings. The number of ether oxygens (including phenoxy) is 1. The van der Waals surface area contributed by atoms with Crippen molar-refractivity contribution in [3.05, 3.63) is 59.2 Å². The van der Waals surface area contributed by atoms with Crippen LogP contribution in [-0.4, -0.2) is 27.2 Å². The third-order valence-corrected chi connectivity index (χ3v) is 4.23. The average Bonchev–Trinajstić information content (AvgIpc) is 2.54. The van der Waals surface area contributed by atoms with Gasteiger partial charge in [-0.05, 0) is 56.0 Å². The van der Waals surface area contributed by atoms with Gasteiger partial charge >= 0.3 is 0 Å². The Kier molecular flexibility index (Phi) is 6.05. The van der Waals surface area contributed by atoms with Gasteiger partial charge in [-0.2, -0.15) is 0 Å². The topological polar surface area (TPSA) is 38.5 Å². The van der Waals surface area contributed by atoms with Crippen LogP contribution in [0.5, 0.6) is 5.75 Å². The van der Waals surface area contributed by atoms with Crippen molar-refractivity contribution < 1.29 is 4.74 Å². The molecule has 1 atom stereocenters. The Hall–Kier alpha value is -2.00. The van der Waals surface area contributed by atoms with Crippen LogP contribution in [0.1, 0.15) is 29.0 Å². The molecule has 0 amide bonds. The highest BCUT2D eigenvalue weighted by Gasteiger charge is 2.13. The number of aryl methyl sites for hydroxylation is 2. The van der Waals surface area contributed by atoms with Gasteiger partial charge in [0.25, 0.3) is 0 Å². The first-order chi connectivity index (χ1) is 11.0. The molecule has 124 valence electrons. The van der Waals surface area contributed by atoms with Crippen LogP contribution < -0.4 is 15.4 Å². The van der Waals surface area contributed by atoms with E-state index in [4.69, 9.17) is 10.5 Å². The number of nitrogens with zero attached hydrogens (tertiary/aromatic N) is 1. The summed E-state index contributed by atoms with van der Waals surface area (Å²) in [7, 11) is 4.06. The molecule has 0 heterocycles. The van der Waals surface area contributed by atoms with Crippen LogP contribution in [0.4, 0.5) is 5.69 Å². The van der Waals surface area contributed by atoms with E-state index < -0.39 is 0 Å². The van der Waals surface area contributed by atoms with Crippen LogP contribution in [0.25, 0.3) is 0 Å². The minimum absolute atomic E-state index is 0.340. The molecule has 0 saturated carbocycles. The second-order valence-electron chi connectivity index (χ2n) is 6.32. The molecule has 0 spiro atoms. The molecular weight excluding hydrogens is 284 g/mol. The van der Waals surface area contributed by atoms with Crippen molar-refractivity contribution in [2.75, 3.05) is 32.1 Å². The molecule has 0 aliphatic heterocycles. The SMILES string of the molecule is Cc1ccc(C)c(C(CN)CCOc2cccc(N(C)C)c2)c1. The van der Waals surface area contributed by atoms with Crippen molar-refractivity contribution in [3.8, 4) is 5.75 Å². The van der Waals surface area contributed by atoms with Crippen LogP contribution in [0, 0.1) is 13.8 Å². The van der Waals surface area contributed by atoms with E-state index in [0.717, 1.165) is 17.9 Å². The van der Waals surface area contributed by atoms with Gasteiger partial charge < -0.3 is 15.4 Å². The average molecular weight is 312 g/mol. The maximum absolute atomic E-state index is 6.00. The molecule has 0 aliphatic rings. The molecule has 2 N–H and O–H groups in total. The fourth-order valence-corrected chi connectivity index (χ4v) is 2.77. The number of hydrogen-bond donors (Lipinski definition) is 1. The summed E-state index contributed by atoms with van der Waals surface area (Å²) in [5.74, 6) is 1.25. The summed E-state index contributed by atoms with van der Waals surface area (Å²) in [5.41, 5.74) is 11.1. The summed E-state index contributed by atoms with van der Waals surface area (Å²) in [6.07, 6.45) is 0.924. The maximum atomic E-state index is 6.00. The Morgan fingerprint density at radius 2 is 1.87 bits per heavy atom. The molecule has 0 radical (unpaired) electrons. The van der Waals surface area contributed by atoms with Crippen LogP contribution in [0.2, 0.25) is 0 Å². The number of anilines is 1. The molecule has 2 aromatic carbocycles. The van der Waals surface area contributed by atoms with E-state index in [2.05, 4.69) is 49.1 Å². The third-order valence-electron chi connectivity index (χ3n) is 4.23. The zero-order chi connectivity index (χ0) is 16.8. The van der Waals surface area contributed by atoms with Gasteiger partial charge in [-0.1, -0.05) is 29.8 Å². The van der Waals surface area contributed by atoms with Crippen molar-refractivity contribution in [3.63, 3.8) is 0 Å². The number of nitrogens with two attached hydrogens (primary N) is 1. The smallest absolute Gasteiger partial charge is 0.121 e. The molecule has 0 saturated heterocycles. The number of rotatable bonds is 7. The molecular formula is C20H28N2O. The van der Waals surface area contributed by atoms with E-state index >= 15 is 0 Å². The summed E-state index contributed by atoms with van der Waals surface area (Å²) >= 11 is 0. The van der Waals surface area contributed by atoms with Gasteiger partial charge in [-0.25, -0.2) is 0 Å². The lowest BCUT2D eigenvalue weighted by Crippen LogP contribution is -2.17. The molecule has 3 heteroatoms. The fourth-order valence-electron chi connectivity index (χ4n) is 2.77. The maximum Gasteiger partial charge on any atom is 0.121 e. The number of benzene rings is 2. The highest BCUT2D eigenvalue weighted by atomic mass is 16.5. The van der Waals surface area contributed by atoms with Crippen LogP contribution >= 0.6 is 0 Å². The van der Waals surface area contributed by atoms with Crippen molar-refractivity contribution in [2.45, 2.75) is 26.2 Å². The van der Waals surface area contributed by atoms with Crippen LogP contribution in [-0.2, 0) is 0 Å². The first-order valence-electron chi connectivity index (χ1n) is 8.18. The standard InChI is InChI=1S/C20H28N2O/c1-15-8-9-16(2)20(12-15)17(14-21)10-11-23-19-7-5-6-18(13-19)22(3)4/h5-9,12-13,17H,10-11,14,21H2,1-4H3. The lowest BCUT2D eigenvalue weighted by atomic mass is 9.91. The van der Waals surface area contributed by atoms with Gasteiger partial charge in [0.2, 0.25) is 0 Å². The van der Waals surface area contributed by atoms with Gasteiger partial charge in [-0.15, -0.1) is 0 Å². The van der Waals surface area contributed by atoms with E-state index in [-0.39, 0.29) is 0 Å². The van der Waals surface area contributed by atoms with Crippen molar-refractivity contribution >= 4 is 5.69 Å². The highest BCUT2D eigenvalue weighted by molar-refractivity contribution is 5.49. The van der Waals surface area contributed by atoms with Crippen LogP contribution in [0.3, 0.4) is 0 Å². The molecule has 2 rings (SSSR count). The Bertz CT molecular complexity index is 637. The fraction of sp³-hybridized carbons (Fsp3) is 0.400. The molecule has 0 bridgehead atoms. The second-order valence-corrected chi connectivity index (χ2v) is 6.32. The van der Waals surface area contributed by atoms with E-state index in [1.54, 1.807) is 0 Å². The minimum atomic E-state index is 0.340. The third kappa shape index (κ3) is 4.73. The molecule has 3 nitrogen and oxygen atoms in total. The monoisotopic (exact) mass is 312 g/mol. The first kappa shape index (κ1) is 17.4. The summed E-state index contributed by atoms with van der Waals surface area (Å²) in [4.78, 5) is 2.08. The molecule has 0 fully saturated rings. The van der Waals surface area contributed by atoms with E-state index in [0.29, 0.717) is 19.1 Å². The lowest BCUT2D eigenvalue weighted by Gasteiger charge is -2.19. The van der Waals surface area contributed by atoms with Gasteiger partial charge in [0.05, 0.1) is 6.61 Å². The van der Waals surface area contributed by atoms with Crippen LogP contribution in [0.15, 0.2) is 42.5 Å². The predicted octanol–water partition coefficient (Wildman–Crippen LogP) is 3.88. The van der Waals surface area contributed by atoms with Gasteiger partial charge in [-0.3, -0.25) is 0 Å². The summed E-state index contributed by atoms with van der Waals surface area (Å²) in [6.45, 7) is 5.59. The van der Waals surface area contributed by atoms with Crippen molar-refractivity contribution in [1.82, 2.24) is 0 Å². The van der Waals surface area contributed by atoms with Crippen molar-refractivity contribution in [1.29, 1.82) is 0 Å². The van der Waals surface area contributed by atoms with Gasteiger partial charge in [0.15, 0.2) is 0 Å². The molecule has 1 unspecified atom stereocenters. The van der Waals surface area contributed by atoms with Gasteiger partial charge in [0, 0.05) is 25.8 Å². The summed E-state index contributed by atoms with van der Waals surface area (Å²) < 4.78 is 5.94. The predicted molar refractivity (Wildman–Crippen MR) is 98.6 cm³/mol. The zero-order valence-corrected chi connectivity index (χ0v) is 14.7. The summed E-state index contributed by atoms with van der Waals surface area (Å²) in [5, 5.41) is 0. The Morgan fingerprint density at radius 3 is 2.57 bits per heavy atom. The minimum Gasteiger partial charge on any atom is -0.493 e.